The largest absolute Gasteiger partial charge is 0.434 e. The smallest absolute Gasteiger partial charge is 0.320 e. The van der Waals surface area contributed by atoms with Gasteiger partial charge in [0.1, 0.15) is 0 Å². The summed E-state index contributed by atoms with van der Waals surface area (Å²) in [4.78, 5) is 32.0. The van der Waals surface area contributed by atoms with Gasteiger partial charge in [-0.25, -0.2) is 9.67 Å². The number of allylic oxidation sites excluding steroid dienone is 4. The number of halogens is 4. The number of carbonyl (C=O) groups is 2. The zero-order valence-electron chi connectivity index (χ0n) is 14.9. The molecule has 0 bridgehead atoms. The Labute approximate surface area is 172 Å². The first-order valence-corrected chi connectivity index (χ1v) is 8.88. The van der Waals surface area contributed by atoms with Crippen LogP contribution in [-0.4, -0.2) is 32.8 Å². The SMILES string of the molecule is O=C(Nc1cncc(Cl)c1)c1cnn(C2=CC=CC3C(=O)N=CC=C23)c1C(F)(F)F. The molecule has 0 spiro atoms. The van der Waals surface area contributed by atoms with E-state index in [1.165, 1.54) is 49.0 Å². The van der Waals surface area contributed by atoms with Crippen LogP contribution in [0.3, 0.4) is 0 Å². The van der Waals surface area contributed by atoms with Crippen LogP contribution in [0.2, 0.25) is 5.02 Å². The van der Waals surface area contributed by atoms with Gasteiger partial charge in [-0.15, -0.1) is 0 Å². The fourth-order valence-electron chi connectivity index (χ4n) is 3.13. The summed E-state index contributed by atoms with van der Waals surface area (Å²) in [6.07, 6.45) is 5.53. The highest BCUT2D eigenvalue weighted by Crippen LogP contribution is 2.38. The maximum atomic E-state index is 13.9. The van der Waals surface area contributed by atoms with Crippen LogP contribution in [0.25, 0.3) is 5.70 Å². The molecule has 1 aliphatic heterocycles. The van der Waals surface area contributed by atoms with E-state index in [1.807, 2.05) is 0 Å². The van der Waals surface area contributed by atoms with E-state index in [4.69, 9.17) is 11.6 Å². The van der Waals surface area contributed by atoms with E-state index in [1.54, 1.807) is 0 Å². The Morgan fingerprint density at radius 1 is 1.20 bits per heavy atom. The van der Waals surface area contributed by atoms with Crippen molar-refractivity contribution in [3.63, 3.8) is 0 Å². The minimum Gasteiger partial charge on any atom is -0.320 e. The minimum atomic E-state index is -4.90. The first-order chi connectivity index (χ1) is 14.3. The zero-order valence-corrected chi connectivity index (χ0v) is 15.6. The lowest BCUT2D eigenvalue weighted by Crippen LogP contribution is -2.25. The topological polar surface area (TPSA) is 89.2 Å². The molecular formula is C19H11ClF3N5O2. The lowest BCUT2D eigenvalue weighted by Gasteiger charge is -2.23. The summed E-state index contributed by atoms with van der Waals surface area (Å²) in [6, 6.07) is 1.35. The first-order valence-electron chi connectivity index (χ1n) is 8.50. The molecule has 0 saturated heterocycles. The van der Waals surface area contributed by atoms with E-state index < -0.39 is 35.2 Å². The molecule has 11 heteroatoms. The molecule has 2 aliphatic rings. The molecular weight excluding hydrogens is 423 g/mol. The van der Waals surface area contributed by atoms with E-state index in [-0.39, 0.29) is 16.4 Å². The number of aromatic nitrogens is 3. The van der Waals surface area contributed by atoms with E-state index in [0.717, 1.165) is 6.20 Å². The summed E-state index contributed by atoms with van der Waals surface area (Å²) in [5, 5.41) is 6.34. The van der Waals surface area contributed by atoms with Crippen molar-refractivity contribution in [1.82, 2.24) is 14.8 Å². The van der Waals surface area contributed by atoms with Crippen molar-refractivity contribution in [3.8, 4) is 0 Å². The molecule has 152 valence electrons. The summed E-state index contributed by atoms with van der Waals surface area (Å²) >= 11 is 5.79. The second kappa shape index (κ2) is 7.38. The molecule has 2 amide bonds. The van der Waals surface area contributed by atoms with E-state index in [0.29, 0.717) is 10.3 Å². The van der Waals surface area contributed by atoms with Crippen molar-refractivity contribution in [3.05, 3.63) is 70.8 Å². The monoisotopic (exact) mass is 433 g/mol. The second-order valence-corrected chi connectivity index (χ2v) is 6.75. The van der Waals surface area contributed by atoms with Gasteiger partial charge >= 0.3 is 6.18 Å². The van der Waals surface area contributed by atoms with E-state index in [9.17, 15) is 22.8 Å². The Balaban J connectivity index is 1.77. The van der Waals surface area contributed by atoms with Crippen molar-refractivity contribution in [2.75, 3.05) is 5.32 Å². The van der Waals surface area contributed by atoms with Gasteiger partial charge in [0.25, 0.3) is 11.8 Å². The molecule has 30 heavy (non-hydrogen) atoms. The molecule has 7 nitrogen and oxygen atoms in total. The summed E-state index contributed by atoms with van der Waals surface area (Å²) < 4.78 is 42.4. The van der Waals surface area contributed by atoms with Crippen LogP contribution in [0.1, 0.15) is 16.1 Å². The highest BCUT2D eigenvalue weighted by Gasteiger charge is 2.42. The normalized spacial score (nSPS) is 18.0. The average Bonchev–Trinajstić information content (AvgIpc) is 3.14. The molecule has 2 aromatic rings. The van der Waals surface area contributed by atoms with Gasteiger partial charge in [0.05, 0.1) is 40.3 Å². The Kier molecular flexibility index (Phi) is 4.86. The van der Waals surface area contributed by atoms with Crippen molar-refractivity contribution < 1.29 is 22.8 Å². The number of dihydropyridines is 1. The number of aliphatic imine (C=N–C) groups is 1. The summed E-state index contributed by atoms with van der Waals surface area (Å²) in [6.45, 7) is 0. The quantitative estimate of drug-likeness (QED) is 0.798. The fraction of sp³-hybridized carbons (Fsp3) is 0.105. The van der Waals surface area contributed by atoms with Crippen LogP contribution in [-0.2, 0) is 11.0 Å². The minimum absolute atomic E-state index is 0.0257. The number of pyridine rings is 1. The third kappa shape index (κ3) is 3.57. The van der Waals surface area contributed by atoms with Gasteiger partial charge in [0.15, 0.2) is 5.69 Å². The summed E-state index contributed by atoms with van der Waals surface area (Å²) in [5.74, 6) is -2.34. The van der Waals surface area contributed by atoms with Crippen LogP contribution in [0.5, 0.6) is 0 Å². The van der Waals surface area contributed by atoms with Gasteiger partial charge < -0.3 is 5.32 Å². The molecule has 3 heterocycles. The Morgan fingerprint density at radius 2 is 2.00 bits per heavy atom. The molecule has 0 aromatic carbocycles. The van der Waals surface area contributed by atoms with Crippen molar-refractivity contribution >= 4 is 41.0 Å². The van der Waals surface area contributed by atoms with Crippen molar-refractivity contribution in [2.45, 2.75) is 6.18 Å². The van der Waals surface area contributed by atoms with Gasteiger partial charge in [-0.3, -0.25) is 14.6 Å². The molecule has 2 aromatic heterocycles. The number of nitrogens with one attached hydrogen (secondary N) is 1. The van der Waals surface area contributed by atoms with Crippen molar-refractivity contribution in [2.24, 2.45) is 10.9 Å². The fourth-order valence-corrected chi connectivity index (χ4v) is 3.31. The molecule has 1 aliphatic carbocycles. The molecule has 4 rings (SSSR count). The van der Waals surface area contributed by atoms with Crippen LogP contribution >= 0.6 is 11.6 Å². The number of hydrogen-bond acceptors (Lipinski definition) is 4. The first kappa shape index (κ1) is 19.8. The van der Waals surface area contributed by atoms with E-state index >= 15 is 0 Å². The summed E-state index contributed by atoms with van der Waals surface area (Å²) in [7, 11) is 0. The number of carbonyl (C=O) groups excluding carboxylic acids is 2. The Bertz CT molecular complexity index is 1180. The highest BCUT2D eigenvalue weighted by atomic mass is 35.5. The van der Waals surface area contributed by atoms with Gasteiger partial charge in [-0.05, 0) is 23.8 Å². The van der Waals surface area contributed by atoms with Crippen LogP contribution in [0.4, 0.5) is 18.9 Å². The van der Waals surface area contributed by atoms with Gasteiger partial charge in [0, 0.05) is 12.4 Å². The van der Waals surface area contributed by atoms with Gasteiger partial charge in [0.2, 0.25) is 0 Å². The maximum Gasteiger partial charge on any atom is 0.434 e. The molecule has 0 saturated carbocycles. The summed E-state index contributed by atoms with van der Waals surface area (Å²) in [5.41, 5.74) is -1.50. The number of anilines is 1. The molecule has 0 fully saturated rings. The Morgan fingerprint density at radius 3 is 2.73 bits per heavy atom. The lowest BCUT2D eigenvalue weighted by atomic mass is 9.89. The zero-order chi connectivity index (χ0) is 21.5. The van der Waals surface area contributed by atoms with Gasteiger partial charge in [-0.2, -0.15) is 18.3 Å². The number of amides is 2. The molecule has 1 atom stereocenters. The van der Waals surface area contributed by atoms with Crippen molar-refractivity contribution in [1.29, 1.82) is 0 Å². The predicted molar refractivity (Wildman–Crippen MR) is 103 cm³/mol. The third-order valence-corrected chi connectivity index (χ3v) is 4.59. The number of alkyl halides is 3. The lowest BCUT2D eigenvalue weighted by molar-refractivity contribution is -0.143. The average molecular weight is 434 g/mol. The standard InChI is InChI=1S/C19H11ClF3N5O2/c20-10-6-11(8-24-7-10)27-18(30)14-9-26-28(16(14)19(21,22)23)15-3-1-2-13-12(15)4-5-25-17(13)29/h1-9,13H,(H,27,30). The maximum absolute atomic E-state index is 13.9. The number of rotatable bonds is 3. The molecule has 1 unspecified atom stereocenters. The second-order valence-electron chi connectivity index (χ2n) is 6.32. The van der Waals surface area contributed by atoms with Crippen LogP contribution in [0, 0.1) is 5.92 Å². The third-order valence-electron chi connectivity index (χ3n) is 4.38. The number of hydrogen-bond donors (Lipinski definition) is 1. The number of nitrogens with zero attached hydrogens (tertiary/aromatic N) is 4. The van der Waals surface area contributed by atoms with Crippen LogP contribution < -0.4 is 5.32 Å². The highest BCUT2D eigenvalue weighted by molar-refractivity contribution is 6.30. The predicted octanol–water partition coefficient (Wildman–Crippen LogP) is 3.77. The van der Waals surface area contributed by atoms with Gasteiger partial charge in [-0.1, -0.05) is 23.8 Å². The molecule has 1 N–H and O–H groups in total. The number of fused-ring (bicyclic) bond motifs is 1. The Hall–Kier alpha value is -3.53. The molecule has 0 radical (unpaired) electrons. The van der Waals surface area contributed by atoms with Crippen LogP contribution in [0.15, 0.2) is 59.5 Å². The van der Waals surface area contributed by atoms with E-state index in [2.05, 4.69) is 20.4 Å².